The predicted molar refractivity (Wildman–Crippen MR) is 124 cm³/mol. The Morgan fingerprint density at radius 1 is 0.853 bits per heavy atom. The van der Waals surface area contributed by atoms with Gasteiger partial charge in [0.1, 0.15) is 0 Å². The third kappa shape index (κ3) is 4.12. The molecule has 5 rings (SSSR count). The summed E-state index contributed by atoms with van der Waals surface area (Å²) in [6, 6.07) is 16.1. The fourth-order valence-corrected chi connectivity index (χ4v) is 6.65. The molecule has 3 aliphatic rings. The number of rotatable bonds is 3. The van der Waals surface area contributed by atoms with Gasteiger partial charge in [0.25, 0.3) is 0 Å². The second-order valence-corrected chi connectivity index (χ2v) is 9.98. The first-order chi connectivity index (χ1) is 15.9. The van der Waals surface area contributed by atoms with Crippen molar-refractivity contribution in [3.8, 4) is 0 Å². The normalized spacial score (nSPS) is 24.4. The number of halogens is 4. The Bertz CT molecular complexity index is 976. The molecule has 2 heterocycles. The molecule has 3 nitrogen and oxygen atoms in total. The van der Waals surface area contributed by atoms with Crippen molar-refractivity contribution in [2.45, 2.75) is 62.6 Å². The first-order valence-corrected chi connectivity index (χ1v) is 12.1. The van der Waals surface area contributed by atoms with Crippen LogP contribution in [0.2, 0.25) is 0 Å². The molecule has 0 aromatic heterocycles. The van der Waals surface area contributed by atoms with Crippen molar-refractivity contribution in [1.82, 2.24) is 10.2 Å². The second-order valence-electron chi connectivity index (χ2n) is 9.98. The standard InChI is InChI=1S/C27H31F3N2O.FH/c28-27(29,30)22-11-9-21(10-12-22)26(13-5-2-6-14-26)32-17-15-25(16-18-32)23(19-31-24(25)33)20-7-3-1-4-8-20;/h1,3-4,7-12,23H,2,5-6,13-19H2,(H,31,33);1H. The maximum absolute atomic E-state index is 13.1. The van der Waals surface area contributed by atoms with Gasteiger partial charge in [-0.2, -0.15) is 13.2 Å². The Morgan fingerprint density at radius 2 is 1.47 bits per heavy atom. The molecule has 1 N–H and O–H groups in total. The number of alkyl halides is 3. The Balaban J connectivity index is 0.00000274. The van der Waals surface area contributed by atoms with E-state index < -0.39 is 17.2 Å². The highest BCUT2D eigenvalue weighted by atomic mass is 19.4. The molecule has 2 aliphatic heterocycles. The lowest BCUT2D eigenvalue weighted by molar-refractivity contribution is -0.137. The van der Waals surface area contributed by atoms with E-state index in [9.17, 15) is 18.0 Å². The molecule has 0 bridgehead atoms. The fraction of sp³-hybridized carbons (Fsp3) is 0.519. The van der Waals surface area contributed by atoms with Crippen molar-refractivity contribution in [3.05, 3.63) is 71.3 Å². The Hall–Kier alpha value is -2.41. The monoisotopic (exact) mass is 476 g/mol. The molecule has 1 saturated carbocycles. The highest BCUT2D eigenvalue weighted by Crippen LogP contribution is 2.51. The van der Waals surface area contributed by atoms with Crippen molar-refractivity contribution >= 4 is 5.91 Å². The molecule has 2 saturated heterocycles. The van der Waals surface area contributed by atoms with Crippen LogP contribution in [0.1, 0.15) is 67.6 Å². The molecule has 1 amide bonds. The highest BCUT2D eigenvalue weighted by molar-refractivity contribution is 5.86. The van der Waals surface area contributed by atoms with Crippen molar-refractivity contribution in [1.29, 1.82) is 0 Å². The van der Waals surface area contributed by atoms with E-state index in [-0.39, 0.29) is 22.1 Å². The number of piperidine rings is 1. The zero-order valence-corrected chi connectivity index (χ0v) is 19.2. The maximum Gasteiger partial charge on any atom is 0.416 e. The van der Waals surface area contributed by atoms with Gasteiger partial charge in [-0.1, -0.05) is 61.7 Å². The van der Waals surface area contributed by atoms with Crippen LogP contribution in [0, 0.1) is 5.41 Å². The largest absolute Gasteiger partial charge is 0.416 e. The molecule has 1 spiro atoms. The molecule has 1 unspecified atom stereocenters. The van der Waals surface area contributed by atoms with E-state index in [2.05, 4.69) is 22.3 Å². The summed E-state index contributed by atoms with van der Waals surface area (Å²) in [6.45, 7) is 2.25. The summed E-state index contributed by atoms with van der Waals surface area (Å²) < 4.78 is 39.4. The second kappa shape index (κ2) is 9.33. The topological polar surface area (TPSA) is 32.3 Å². The lowest BCUT2D eigenvalue weighted by Gasteiger charge is -2.52. The molecular weight excluding hydrogens is 444 g/mol. The minimum absolute atomic E-state index is 0. The van der Waals surface area contributed by atoms with Crippen molar-refractivity contribution in [2.75, 3.05) is 19.6 Å². The number of nitrogens with zero attached hydrogens (tertiary/aromatic N) is 1. The Morgan fingerprint density at radius 3 is 2.06 bits per heavy atom. The number of likely N-dealkylation sites (tertiary alicyclic amines) is 1. The third-order valence-corrected chi connectivity index (χ3v) is 8.48. The van der Waals surface area contributed by atoms with Gasteiger partial charge < -0.3 is 5.32 Å². The van der Waals surface area contributed by atoms with E-state index in [0.29, 0.717) is 6.54 Å². The molecule has 3 fully saturated rings. The minimum Gasteiger partial charge on any atom is -0.355 e. The van der Waals surface area contributed by atoms with Crippen molar-refractivity contribution in [2.24, 2.45) is 5.41 Å². The molecule has 7 heteroatoms. The number of benzene rings is 2. The van der Waals surface area contributed by atoms with Gasteiger partial charge in [0.15, 0.2) is 0 Å². The Labute approximate surface area is 198 Å². The van der Waals surface area contributed by atoms with E-state index in [0.717, 1.165) is 57.2 Å². The summed E-state index contributed by atoms with van der Waals surface area (Å²) in [4.78, 5) is 15.5. The molecular formula is C27H32F4N2O. The van der Waals surface area contributed by atoms with Gasteiger partial charge in [-0.15, -0.1) is 0 Å². The van der Waals surface area contributed by atoms with Crippen LogP contribution in [0.4, 0.5) is 17.9 Å². The zero-order valence-electron chi connectivity index (χ0n) is 19.2. The summed E-state index contributed by atoms with van der Waals surface area (Å²) in [6.07, 6.45) is 2.48. The van der Waals surface area contributed by atoms with Crippen LogP contribution in [-0.4, -0.2) is 30.4 Å². The van der Waals surface area contributed by atoms with Crippen LogP contribution in [-0.2, 0) is 16.5 Å². The van der Waals surface area contributed by atoms with Gasteiger partial charge in [-0.3, -0.25) is 14.4 Å². The first kappa shape index (κ1) is 24.7. The van der Waals surface area contributed by atoms with Gasteiger partial charge >= 0.3 is 6.18 Å². The van der Waals surface area contributed by atoms with E-state index in [1.54, 1.807) is 12.1 Å². The number of hydrogen-bond acceptors (Lipinski definition) is 2. The first-order valence-electron chi connectivity index (χ1n) is 12.1. The molecule has 0 radical (unpaired) electrons. The number of carbonyl (C=O) groups is 1. The van der Waals surface area contributed by atoms with Gasteiger partial charge in [-0.25, -0.2) is 0 Å². The quantitative estimate of drug-likeness (QED) is 0.550. The van der Waals surface area contributed by atoms with Gasteiger partial charge in [0, 0.05) is 31.1 Å². The molecule has 34 heavy (non-hydrogen) atoms. The number of nitrogens with one attached hydrogen (secondary N) is 1. The summed E-state index contributed by atoms with van der Waals surface area (Å²) in [5, 5.41) is 3.12. The average Bonchev–Trinajstić information content (AvgIpc) is 3.15. The predicted octanol–water partition coefficient (Wildman–Crippen LogP) is 6.01. The molecule has 1 atom stereocenters. The van der Waals surface area contributed by atoms with Crippen LogP contribution in [0.25, 0.3) is 0 Å². The third-order valence-electron chi connectivity index (χ3n) is 8.48. The lowest BCUT2D eigenvalue weighted by atomic mass is 9.66. The number of carbonyl (C=O) groups excluding carboxylic acids is 1. The van der Waals surface area contributed by atoms with Crippen LogP contribution in [0.15, 0.2) is 54.6 Å². The molecule has 184 valence electrons. The summed E-state index contributed by atoms with van der Waals surface area (Å²) in [5.74, 6) is 0.324. The maximum atomic E-state index is 13.1. The minimum atomic E-state index is -4.32. The summed E-state index contributed by atoms with van der Waals surface area (Å²) >= 11 is 0. The summed E-state index contributed by atoms with van der Waals surface area (Å²) in [7, 11) is 0. The van der Waals surface area contributed by atoms with Crippen molar-refractivity contribution < 1.29 is 22.7 Å². The molecule has 2 aromatic carbocycles. The number of hydrogen-bond donors (Lipinski definition) is 1. The Kier molecular flexibility index (Phi) is 6.78. The van der Waals surface area contributed by atoms with Crippen LogP contribution >= 0.6 is 0 Å². The van der Waals surface area contributed by atoms with E-state index >= 15 is 0 Å². The van der Waals surface area contributed by atoms with E-state index in [4.69, 9.17) is 0 Å². The van der Waals surface area contributed by atoms with Gasteiger partial charge in [-0.05, 0) is 48.9 Å². The highest BCUT2D eigenvalue weighted by Gasteiger charge is 2.54. The van der Waals surface area contributed by atoms with E-state index in [1.165, 1.54) is 24.1 Å². The van der Waals surface area contributed by atoms with Crippen molar-refractivity contribution in [3.63, 3.8) is 0 Å². The lowest BCUT2D eigenvalue weighted by Crippen LogP contribution is -2.54. The molecule has 2 aromatic rings. The van der Waals surface area contributed by atoms with Gasteiger partial charge in [0.2, 0.25) is 5.91 Å². The van der Waals surface area contributed by atoms with Crippen LogP contribution < -0.4 is 5.32 Å². The number of amides is 1. The average molecular weight is 477 g/mol. The van der Waals surface area contributed by atoms with Crippen LogP contribution in [0.3, 0.4) is 0 Å². The zero-order chi connectivity index (χ0) is 23.1. The van der Waals surface area contributed by atoms with Crippen LogP contribution in [0.5, 0.6) is 0 Å². The SMILES string of the molecule is F.O=C1NCC(c2ccccc2)C12CCN(C1(c3ccc(C(F)(F)F)cc3)CCCCC1)CC2. The molecule has 1 aliphatic carbocycles. The van der Waals surface area contributed by atoms with Gasteiger partial charge in [0.05, 0.1) is 11.0 Å². The summed E-state index contributed by atoms with van der Waals surface area (Å²) in [5.41, 5.74) is 0.971. The smallest absolute Gasteiger partial charge is 0.355 e. The van der Waals surface area contributed by atoms with E-state index in [1.807, 2.05) is 18.2 Å². The fourth-order valence-electron chi connectivity index (χ4n) is 6.65.